The fraction of sp³-hybridized carbons (Fsp3) is 0.389. The molecule has 1 aliphatic heterocycles. The molecular formula is C18H21N3OS2. The zero-order valence-electron chi connectivity index (χ0n) is 13.5. The maximum atomic E-state index is 5.87. The minimum Gasteiger partial charge on any atom is -0.377 e. The van der Waals surface area contributed by atoms with Crippen LogP contribution in [0, 0.1) is 0 Å². The van der Waals surface area contributed by atoms with Crippen molar-refractivity contribution in [3.05, 3.63) is 58.0 Å². The lowest BCUT2D eigenvalue weighted by atomic mass is 10.2. The third-order valence-corrected chi connectivity index (χ3v) is 5.82. The predicted octanol–water partition coefficient (Wildman–Crippen LogP) is 4.18. The smallest absolute Gasteiger partial charge is 0.193 e. The van der Waals surface area contributed by atoms with E-state index in [0.717, 1.165) is 31.4 Å². The van der Waals surface area contributed by atoms with Crippen LogP contribution in [-0.4, -0.2) is 33.7 Å². The lowest BCUT2D eigenvalue weighted by Crippen LogP contribution is -2.32. The van der Waals surface area contributed by atoms with E-state index in [2.05, 4.69) is 49.6 Å². The molecule has 0 unspecified atom stereocenters. The van der Waals surface area contributed by atoms with E-state index in [4.69, 9.17) is 4.74 Å². The molecule has 126 valence electrons. The average molecular weight is 360 g/mol. The van der Waals surface area contributed by atoms with Crippen molar-refractivity contribution in [3.8, 4) is 5.13 Å². The van der Waals surface area contributed by atoms with Crippen molar-refractivity contribution in [3.63, 3.8) is 0 Å². The summed E-state index contributed by atoms with van der Waals surface area (Å²) in [5.41, 5.74) is 2.66. The minimum atomic E-state index is 0.368. The normalized spacial score (nSPS) is 17.8. The highest BCUT2D eigenvalue weighted by atomic mass is 32.1. The summed E-state index contributed by atoms with van der Waals surface area (Å²) in [5, 5.41) is 7.44. The largest absolute Gasteiger partial charge is 0.377 e. The number of thiophene rings is 1. The lowest BCUT2D eigenvalue weighted by molar-refractivity contribution is 0.0673. The second-order valence-corrected chi connectivity index (χ2v) is 7.77. The molecule has 3 aromatic rings. The molecule has 4 heterocycles. The molecule has 0 bridgehead atoms. The fourth-order valence-electron chi connectivity index (χ4n) is 3.20. The van der Waals surface area contributed by atoms with E-state index < -0.39 is 0 Å². The van der Waals surface area contributed by atoms with Gasteiger partial charge in [-0.3, -0.25) is 9.47 Å². The third kappa shape index (κ3) is 3.78. The van der Waals surface area contributed by atoms with E-state index in [1.165, 1.54) is 24.1 Å². The maximum Gasteiger partial charge on any atom is 0.193 e. The minimum absolute atomic E-state index is 0.368. The standard InChI is InChI=1S/C18H21N3OS2/c1-3-16(21(7-1)18-19-6-10-24-18)12-20(11-15-5-9-23-14-15)13-17-4-2-8-22-17/h1,3,5-7,9-10,14,17H,2,4,8,11-13H2/t17-/m0/s1. The van der Waals surface area contributed by atoms with Crippen LogP contribution >= 0.6 is 22.7 Å². The Bertz CT molecular complexity index is 730. The van der Waals surface area contributed by atoms with Gasteiger partial charge in [-0.25, -0.2) is 4.98 Å². The van der Waals surface area contributed by atoms with Crippen molar-refractivity contribution in [1.82, 2.24) is 14.5 Å². The third-order valence-electron chi connectivity index (χ3n) is 4.32. The van der Waals surface area contributed by atoms with Crippen LogP contribution in [0.3, 0.4) is 0 Å². The fourth-order valence-corrected chi connectivity index (χ4v) is 4.51. The first-order valence-corrected chi connectivity index (χ1v) is 10.1. The highest BCUT2D eigenvalue weighted by Gasteiger charge is 2.20. The molecule has 24 heavy (non-hydrogen) atoms. The monoisotopic (exact) mass is 359 g/mol. The van der Waals surface area contributed by atoms with E-state index in [0.29, 0.717) is 6.10 Å². The maximum absolute atomic E-state index is 5.87. The first kappa shape index (κ1) is 16.0. The Morgan fingerprint density at radius 2 is 2.29 bits per heavy atom. The van der Waals surface area contributed by atoms with Crippen molar-refractivity contribution in [2.24, 2.45) is 0 Å². The molecule has 3 aromatic heterocycles. The summed E-state index contributed by atoms with van der Waals surface area (Å²) in [6.45, 7) is 3.76. The molecule has 0 saturated carbocycles. The zero-order valence-corrected chi connectivity index (χ0v) is 15.1. The summed E-state index contributed by atoms with van der Waals surface area (Å²) in [7, 11) is 0. The number of aromatic nitrogens is 2. The molecule has 6 heteroatoms. The Labute approximate surface area is 150 Å². The molecule has 1 atom stereocenters. The number of hydrogen-bond donors (Lipinski definition) is 0. The molecule has 1 saturated heterocycles. The first-order valence-electron chi connectivity index (χ1n) is 8.29. The quantitative estimate of drug-likeness (QED) is 0.634. The Morgan fingerprint density at radius 3 is 3.04 bits per heavy atom. The molecule has 0 N–H and O–H groups in total. The number of rotatable bonds is 7. The van der Waals surface area contributed by atoms with Crippen LogP contribution in [0.5, 0.6) is 0 Å². The number of ether oxygens (including phenoxy) is 1. The molecule has 0 aromatic carbocycles. The van der Waals surface area contributed by atoms with Gasteiger partial charge in [-0.1, -0.05) is 0 Å². The van der Waals surface area contributed by atoms with Crippen molar-refractivity contribution in [2.45, 2.75) is 32.0 Å². The van der Waals surface area contributed by atoms with Crippen LogP contribution in [0.2, 0.25) is 0 Å². The van der Waals surface area contributed by atoms with Crippen molar-refractivity contribution >= 4 is 22.7 Å². The van der Waals surface area contributed by atoms with E-state index in [1.807, 2.05) is 11.6 Å². The molecule has 0 amide bonds. The van der Waals surface area contributed by atoms with Crippen molar-refractivity contribution < 1.29 is 4.74 Å². The van der Waals surface area contributed by atoms with Crippen molar-refractivity contribution in [1.29, 1.82) is 0 Å². The van der Waals surface area contributed by atoms with Gasteiger partial charge in [0.05, 0.1) is 6.10 Å². The summed E-state index contributed by atoms with van der Waals surface area (Å²) in [6, 6.07) is 6.51. The van der Waals surface area contributed by atoms with E-state index in [-0.39, 0.29) is 0 Å². The predicted molar refractivity (Wildman–Crippen MR) is 98.8 cm³/mol. The molecular weight excluding hydrogens is 338 g/mol. The second-order valence-electron chi connectivity index (χ2n) is 6.12. The SMILES string of the molecule is c1cc(CN(Cc2ccsc2)C[C@@H]2CCCO2)n(-c2nccs2)c1. The van der Waals surface area contributed by atoms with E-state index in [1.54, 1.807) is 22.7 Å². The van der Waals surface area contributed by atoms with Crippen LogP contribution in [0.1, 0.15) is 24.1 Å². The van der Waals surface area contributed by atoms with Gasteiger partial charge in [-0.2, -0.15) is 11.3 Å². The van der Waals surface area contributed by atoms with Crippen LogP contribution < -0.4 is 0 Å². The summed E-state index contributed by atoms with van der Waals surface area (Å²) < 4.78 is 8.06. The highest BCUT2D eigenvalue weighted by molar-refractivity contribution is 7.12. The van der Waals surface area contributed by atoms with Crippen molar-refractivity contribution in [2.75, 3.05) is 13.2 Å². The lowest BCUT2D eigenvalue weighted by Gasteiger charge is -2.25. The Morgan fingerprint density at radius 1 is 1.29 bits per heavy atom. The van der Waals surface area contributed by atoms with E-state index in [9.17, 15) is 0 Å². The highest BCUT2D eigenvalue weighted by Crippen LogP contribution is 2.21. The van der Waals surface area contributed by atoms with Crippen LogP contribution in [0.25, 0.3) is 5.13 Å². The first-order chi connectivity index (χ1) is 11.9. The molecule has 1 fully saturated rings. The molecule has 4 nitrogen and oxygen atoms in total. The second kappa shape index (κ2) is 7.61. The molecule has 4 rings (SSSR count). The molecule has 0 aliphatic carbocycles. The van der Waals surface area contributed by atoms with E-state index >= 15 is 0 Å². The van der Waals surface area contributed by atoms with Crippen LogP contribution in [0.4, 0.5) is 0 Å². The molecule has 0 spiro atoms. The van der Waals surface area contributed by atoms with Gasteiger partial charge in [0, 0.05) is 49.7 Å². The van der Waals surface area contributed by atoms with Gasteiger partial charge in [0.15, 0.2) is 5.13 Å². The molecule has 1 aliphatic rings. The molecule has 0 radical (unpaired) electrons. The zero-order chi connectivity index (χ0) is 16.2. The summed E-state index contributed by atoms with van der Waals surface area (Å²) >= 11 is 3.43. The van der Waals surface area contributed by atoms with Gasteiger partial charge in [0.1, 0.15) is 0 Å². The average Bonchev–Trinajstić information content (AvgIpc) is 3.37. The van der Waals surface area contributed by atoms with Gasteiger partial charge < -0.3 is 4.74 Å². The topological polar surface area (TPSA) is 30.3 Å². The Kier molecular flexibility index (Phi) is 5.08. The van der Waals surface area contributed by atoms with Gasteiger partial charge >= 0.3 is 0 Å². The number of thiazole rings is 1. The Balaban J connectivity index is 1.51. The summed E-state index contributed by atoms with van der Waals surface area (Å²) in [5.74, 6) is 0. The van der Waals surface area contributed by atoms with Crippen LogP contribution in [0.15, 0.2) is 46.7 Å². The van der Waals surface area contributed by atoms with Gasteiger partial charge in [-0.15, -0.1) is 11.3 Å². The van der Waals surface area contributed by atoms with Gasteiger partial charge in [0.2, 0.25) is 0 Å². The summed E-state index contributed by atoms with van der Waals surface area (Å²) in [6.07, 6.45) is 6.69. The van der Waals surface area contributed by atoms with Gasteiger partial charge in [-0.05, 0) is 47.4 Å². The van der Waals surface area contributed by atoms with Gasteiger partial charge in [0.25, 0.3) is 0 Å². The number of hydrogen-bond acceptors (Lipinski definition) is 5. The number of nitrogens with zero attached hydrogens (tertiary/aromatic N) is 3. The van der Waals surface area contributed by atoms with Crippen LogP contribution in [-0.2, 0) is 17.8 Å². The Hall–Kier alpha value is -1.47. The summed E-state index contributed by atoms with van der Waals surface area (Å²) in [4.78, 5) is 6.94.